The average molecular weight is 293 g/mol. The lowest BCUT2D eigenvalue weighted by Gasteiger charge is -2.11. The van der Waals surface area contributed by atoms with Crippen LogP contribution in [-0.2, 0) is 4.79 Å². The van der Waals surface area contributed by atoms with Gasteiger partial charge in [0.15, 0.2) is 0 Å². The van der Waals surface area contributed by atoms with Crippen LogP contribution in [-0.4, -0.2) is 11.9 Å². The summed E-state index contributed by atoms with van der Waals surface area (Å²) in [6, 6.07) is 1.12. The molecule has 3 N–H and O–H groups in total. The first-order valence-corrected chi connectivity index (χ1v) is 5.46. The molecule has 0 heterocycles. The lowest BCUT2D eigenvalue weighted by atomic mass is 10.2. The Morgan fingerprint density at radius 2 is 2.12 bits per heavy atom. The lowest BCUT2D eigenvalue weighted by molar-refractivity contribution is -0.117. The molecule has 16 heavy (non-hydrogen) atoms. The molecule has 0 aliphatic rings. The summed E-state index contributed by atoms with van der Waals surface area (Å²) in [5, 5.41) is 2.23. The number of carbonyl (C=O) groups is 1. The smallest absolute Gasteiger partial charge is 0.241 e. The number of rotatable bonds is 3. The van der Waals surface area contributed by atoms with Gasteiger partial charge in [-0.25, -0.2) is 8.78 Å². The van der Waals surface area contributed by atoms with Gasteiger partial charge in [0, 0.05) is 6.07 Å². The summed E-state index contributed by atoms with van der Waals surface area (Å²) in [7, 11) is 0. The van der Waals surface area contributed by atoms with Crippen molar-refractivity contribution < 1.29 is 13.6 Å². The highest BCUT2D eigenvalue weighted by Crippen LogP contribution is 2.23. The maximum absolute atomic E-state index is 13.3. The van der Waals surface area contributed by atoms with E-state index in [2.05, 4.69) is 21.2 Å². The topological polar surface area (TPSA) is 55.1 Å². The summed E-state index contributed by atoms with van der Waals surface area (Å²) in [5.74, 6) is -1.91. The van der Waals surface area contributed by atoms with Gasteiger partial charge in [0.2, 0.25) is 5.91 Å². The van der Waals surface area contributed by atoms with Crippen LogP contribution in [0, 0.1) is 11.6 Å². The first-order chi connectivity index (χ1) is 7.45. The lowest BCUT2D eigenvalue weighted by Crippen LogP contribution is -2.35. The second kappa shape index (κ2) is 5.36. The van der Waals surface area contributed by atoms with Crippen LogP contribution in [0.4, 0.5) is 14.5 Å². The fourth-order valence-corrected chi connectivity index (χ4v) is 1.34. The number of nitrogens with one attached hydrogen (secondary N) is 1. The number of hydrogen-bond acceptors (Lipinski definition) is 2. The van der Waals surface area contributed by atoms with E-state index in [0.717, 1.165) is 12.1 Å². The molecule has 0 aliphatic carbocycles. The summed E-state index contributed by atoms with van der Waals surface area (Å²) in [6.07, 6.45) is 0.423. The Bertz CT molecular complexity index is 412. The van der Waals surface area contributed by atoms with Crippen molar-refractivity contribution in [1.82, 2.24) is 0 Å². The normalized spacial score (nSPS) is 12.3. The van der Waals surface area contributed by atoms with Crippen LogP contribution >= 0.6 is 15.9 Å². The van der Waals surface area contributed by atoms with Gasteiger partial charge in [0.25, 0.3) is 0 Å². The van der Waals surface area contributed by atoms with Gasteiger partial charge in [-0.05, 0) is 28.4 Å². The third-order valence-corrected chi connectivity index (χ3v) is 2.65. The number of halogens is 3. The Balaban J connectivity index is 2.90. The molecule has 0 aromatic heterocycles. The van der Waals surface area contributed by atoms with Crippen LogP contribution in [0.15, 0.2) is 16.6 Å². The van der Waals surface area contributed by atoms with Crippen LogP contribution in [0.3, 0.4) is 0 Å². The molecule has 1 aromatic carbocycles. The second-order valence-corrected chi connectivity index (χ2v) is 4.10. The van der Waals surface area contributed by atoms with Crippen molar-refractivity contribution in [3.05, 3.63) is 28.2 Å². The molecule has 3 nitrogen and oxygen atoms in total. The van der Waals surface area contributed by atoms with Crippen LogP contribution in [0.5, 0.6) is 0 Å². The van der Waals surface area contributed by atoms with Crippen molar-refractivity contribution in [2.75, 3.05) is 5.32 Å². The van der Waals surface area contributed by atoms with Gasteiger partial charge in [-0.2, -0.15) is 0 Å². The number of anilines is 1. The molecular formula is C10H11BrF2N2O. The van der Waals surface area contributed by atoms with E-state index in [1.807, 2.05) is 0 Å². The molecule has 1 amide bonds. The Kier molecular flexibility index (Phi) is 4.37. The zero-order chi connectivity index (χ0) is 12.3. The Labute approximate surface area is 100 Å². The van der Waals surface area contributed by atoms with Crippen molar-refractivity contribution >= 4 is 27.5 Å². The fourth-order valence-electron chi connectivity index (χ4n) is 1.03. The van der Waals surface area contributed by atoms with E-state index in [1.54, 1.807) is 6.92 Å². The highest BCUT2D eigenvalue weighted by atomic mass is 79.9. The van der Waals surface area contributed by atoms with Crippen molar-refractivity contribution in [3.63, 3.8) is 0 Å². The minimum atomic E-state index is -0.730. The quantitative estimate of drug-likeness (QED) is 0.841. The van der Waals surface area contributed by atoms with E-state index in [-0.39, 0.29) is 10.2 Å². The predicted molar refractivity (Wildman–Crippen MR) is 61.0 cm³/mol. The standard InChI is InChI=1S/C10H11BrF2N2O/c1-2-8(14)10(16)15-9-4-6(12)5(11)3-7(9)13/h3-4,8H,2,14H2,1H3,(H,15,16). The number of nitrogens with two attached hydrogens (primary N) is 1. The monoisotopic (exact) mass is 292 g/mol. The summed E-state index contributed by atoms with van der Waals surface area (Å²) in [4.78, 5) is 11.4. The van der Waals surface area contributed by atoms with Crippen LogP contribution < -0.4 is 11.1 Å². The largest absolute Gasteiger partial charge is 0.322 e. The molecule has 1 atom stereocenters. The van der Waals surface area contributed by atoms with Crippen LogP contribution in [0.2, 0.25) is 0 Å². The van der Waals surface area contributed by atoms with Gasteiger partial charge >= 0.3 is 0 Å². The SMILES string of the molecule is CCC(N)C(=O)Nc1cc(F)c(Br)cc1F. The molecule has 0 aliphatic heterocycles. The molecule has 6 heteroatoms. The number of amides is 1. The highest BCUT2D eigenvalue weighted by Gasteiger charge is 2.15. The summed E-state index contributed by atoms with van der Waals surface area (Å²) >= 11 is 2.84. The van der Waals surface area contributed by atoms with Gasteiger partial charge in [-0.1, -0.05) is 6.92 Å². The Morgan fingerprint density at radius 3 is 2.69 bits per heavy atom. The number of benzene rings is 1. The zero-order valence-corrected chi connectivity index (χ0v) is 10.1. The third kappa shape index (κ3) is 2.99. The molecule has 0 saturated carbocycles. The maximum atomic E-state index is 13.3. The second-order valence-electron chi connectivity index (χ2n) is 3.25. The molecule has 0 saturated heterocycles. The molecule has 0 spiro atoms. The first-order valence-electron chi connectivity index (χ1n) is 4.66. The molecule has 0 radical (unpaired) electrons. The third-order valence-electron chi connectivity index (χ3n) is 2.04. The zero-order valence-electron chi connectivity index (χ0n) is 8.56. The first kappa shape index (κ1) is 13.1. The predicted octanol–water partition coefficient (Wildman–Crippen LogP) is 2.40. The van der Waals surface area contributed by atoms with Crippen molar-refractivity contribution in [1.29, 1.82) is 0 Å². The maximum Gasteiger partial charge on any atom is 0.241 e. The summed E-state index contributed by atoms with van der Waals surface area (Å²) in [5.41, 5.74) is 5.23. The molecule has 0 fully saturated rings. The molecule has 1 aromatic rings. The molecule has 1 rings (SSSR count). The average Bonchev–Trinajstić information content (AvgIpc) is 2.24. The van der Waals surface area contributed by atoms with E-state index >= 15 is 0 Å². The molecule has 88 valence electrons. The summed E-state index contributed by atoms with van der Waals surface area (Å²) in [6.45, 7) is 1.72. The Morgan fingerprint density at radius 1 is 1.50 bits per heavy atom. The van der Waals surface area contributed by atoms with E-state index in [4.69, 9.17) is 5.73 Å². The van der Waals surface area contributed by atoms with Crippen molar-refractivity contribution in [2.24, 2.45) is 5.73 Å². The highest BCUT2D eigenvalue weighted by molar-refractivity contribution is 9.10. The Hall–Kier alpha value is -1.01. The van der Waals surface area contributed by atoms with E-state index < -0.39 is 23.6 Å². The minimum absolute atomic E-state index is 0.00258. The van der Waals surface area contributed by atoms with E-state index in [0.29, 0.717) is 6.42 Å². The van der Waals surface area contributed by atoms with Gasteiger partial charge in [0.05, 0.1) is 16.2 Å². The van der Waals surface area contributed by atoms with Gasteiger partial charge in [0.1, 0.15) is 11.6 Å². The molecular weight excluding hydrogens is 282 g/mol. The van der Waals surface area contributed by atoms with Crippen LogP contribution in [0.1, 0.15) is 13.3 Å². The van der Waals surface area contributed by atoms with Crippen LogP contribution in [0.25, 0.3) is 0 Å². The van der Waals surface area contributed by atoms with Gasteiger partial charge < -0.3 is 11.1 Å². The molecule has 0 bridgehead atoms. The number of hydrogen-bond donors (Lipinski definition) is 2. The number of carbonyl (C=O) groups excluding carboxylic acids is 1. The van der Waals surface area contributed by atoms with Crippen molar-refractivity contribution in [2.45, 2.75) is 19.4 Å². The fraction of sp³-hybridized carbons (Fsp3) is 0.300. The van der Waals surface area contributed by atoms with Gasteiger partial charge in [-0.15, -0.1) is 0 Å². The minimum Gasteiger partial charge on any atom is -0.322 e. The van der Waals surface area contributed by atoms with E-state index in [9.17, 15) is 13.6 Å². The van der Waals surface area contributed by atoms with Crippen molar-refractivity contribution in [3.8, 4) is 0 Å². The summed E-state index contributed by atoms with van der Waals surface area (Å²) < 4.78 is 26.4. The van der Waals surface area contributed by atoms with Gasteiger partial charge in [-0.3, -0.25) is 4.79 Å². The van der Waals surface area contributed by atoms with E-state index in [1.165, 1.54) is 0 Å². The molecule has 1 unspecified atom stereocenters.